The SMILES string of the molecule is COCCN1CCC(NCc2ccc(C)o2)CC1. The van der Waals surface area contributed by atoms with Gasteiger partial charge in [0.25, 0.3) is 0 Å². The van der Waals surface area contributed by atoms with Gasteiger partial charge in [0.05, 0.1) is 13.2 Å². The Kier molecular flexibility index (Phi) is 5.23. The van der Waals surface area contributed by atoms with Gasteiger partial charge in [-0.15, -0.1) is 0 Å². The maximum Gasteiger partial charge on any atom is 0.117 e. The third-order valence-electron chi connectivity index (χ3n) is 3.56. The quantitative estimate of drug-likeness (QED) is 0.837. The van der Waals surface area contributed by atoms with E-state index < -0.39 is 0 Å². The summed E-state index contributed by atoms with van der Waals surface area (Å²) < 4.78 is 10.7. The molecular weight excluding hydrogens is 228 g/mol. The molecule has 1 aliphatic heterocycles. The monoisotopic (exact) mass is 252 g/mol. The van der Waals surface area contributed by atoms with Crippen LogP contribution in [-0.4, -0.2) is 44.3 Å². The Bertz CT molecular complexity index is 343. The maximum absolute atomic E-state index is 5.56. The fraction of sp³-hybridized carbons (Fsp3) is 0.714. The van der Waals surface area contributed by atoms with Gasteiger partial charge in [0, 0.05) is 19.7 Å². The molecule has 1 aromatic rings. The number of aryl methyl sites for hydroxylation is 1. The predicted octanol–water partition coefficient (Wildman–Crippen LogP) is 1.79. The summed E-state index contributed by atoms with van der Waals surface area (Å²) in [7, 11) is 1.76. The maximum atomic E-state index is 5.56. The topological polar surface area (TPSA) is 37.6 Å². The largest absolute Gasteiger partial charge is 0.465 e. The van der Waals surface area contributed by atoms with Crippen molar-refractivity contribution in [2.45, 2.75) is 32.4 Å². The second-order valence-corrected chi connectivity index (χ2v) is 5.00. The van der Waals surface area contributed by atoms with Crippen molar-refractivity contribution in [2.75, 3.05) is 33.4 Å². The number of nitrogens with zero attached hydrogens (tertiary/aromatic N) is 1. The van der Waals surface area contributed by atoms with E-state index >= 15 is 0 Å². The zero-order chi connectivity index (χ0) is 12.8. The number of hydrogen-bond donors (Lipinski definition) is 1. The Morgan fingerprint density at radius 1 is 1.39 bits per heavy atom. The van der Waals surface area contributed by atoms with Gasteiger partial charge in [0.15, 0.2) is 0 Å². The van der Waals surface area contributed by atoms with Gasteiger partial charge in [-0.1, -0.05) is 0 Å². The molecule has 2 rings (SSSR count). The number of likely N-dealkylation sites (tertiary alicyclic amines) is 1. The van der Waals surface area contributed by atoms with E-state index in [-0.39, 0.29) is 0 Å². The van der Waals surface area contributed by atoms with E-state index in [1.165, 1.54) is 12.8 Å². The molecule has 0 radical (unpaired) electrons. The van der Waals surface area contributed by atoms with Crippen LogP contribution in [0.4, 0.5) is 0 Å². The van der Waals surface area contributed by atoms with Crippen molar-refractivity contribution in [1.82, 2.24) is 10.2 Å². The summed E-state index contributed by atoms with van der Waals surface area (Å²) in [6, 6.07) is 4.69. The Morgan fingerprint density at radius 2 is 2.17 bits per heavy atom. The van der Waals surface area contributed by atoms with Crippen LogP contribution in [0.2, 0.25) is 0 Å². The van der Waals surface area contributed by atoms with Gasteiger partial charge in [0.1, 0.15) is 11.5 Å². The van der Waals surface area contributed by atoms with Crippen molar-refractivity contribution in [3.8, 4) is 0 Å². The number of hydrogen-bond acceptors (Lipinski definition) is 4. The van der Waals surface area contributed by atoms with Crippen molar-refractivity contribution in [2.24, 2.45) is 0 Å². The highest BCUT2D eigenvalue weighted by atomic mass is 16.5. The van der Waals surface area contributed by atoms with Crippen molar-refractivity contribution in [3.63, 3.8) is 0 Å². The van der Waals surface area contributed by atoms with Crippen LogP contribution in [-0.2, 0) is 11.3 Å². The fourth-order valence-electron chi connectivity index (χ4n) is 2.41. The minimum atomic E-state index is 0.620. The van der Waals surface area contributed by atoms with E-state index in [1.54, 1.807) is 7.11 Å². The third-order valence-corrected chi connectivity index (χ3v) is 3.56. The number of ether oxygens (including phenoxy) is 1. The number of piperidine rings is 1. The molecule has 1 aromatic heterocycles. The van der Waals surface area contributed by atoms with Crippen LogP contribution in [0.25, 0.3) is 0 Å². The molecule has 0 unspecified atom stereocenters. The highest BCUT2D eigenvalue weighted by Crippen LogP contribution is 2.12. The van der Waals surface area contributed by atoms with Crippen LogP contribution in [0.5, 0.6) is 0 Å². The van der Waals surface area contributed by atoms with Crippen molar-refractivity contribution in [3.05, 3.63) is 23.7 Å². The number of nitrogens with one attached hydrogen (secondary N) is 1. The minimum absolute atomic E-state index is 0.620. The standard InChI is InChI=1S/C14H24N2O2/c1-12-3-4-14(18-12)11-15-13-5-7-16(8-6-13)9-10-17-2/h3-4,13,15H,5-11H2,1-2H3. The first kappa shape index (κ1) is 13.6. The molecule has 0 bridgehead atoms. The summed E-state index contributed by atoms with van der Waals surface area (Å²) in [6.45, 7) is 7.05. The van der Waals surface area contributed by atoms with Crippen LogP contribution in [0.1, 0.15) is 24.4 Å². The molecule has 1 aliphatic rings. The zero-order valence-electron chi connectivity index (χ0n) is 11.4. The molecule has 2 heterocycles. The molecule has 0 amide bonds. The molecule has 0 aliphatic carbocycles. The summed E-state index contributed by atoms with van der Waals surface area (Å²) >= 11 is 0. The number of rotatable bonds is 6. The lowest BCUT2D eigenvalue weighted by atomic mass is 10.1. The number of methoxy groups -OCH3 is 1. The average molecular weight is 252 g/mol. The van der Waals surface area contributed by atoms with Crippen LogP contribution in [0.3, 0.4) is 0 Å². The molecule has 4 heteroatoms. The van der Waals surface area contributed by atoms with E-state index in [0.29, 0.717) is 6.04 Å². The molecule has 18 heavy (non-hydrogen) atoms. The van der Waals surface area contributed by atoms with Crippen LogP contribution < -0.4 is 5.32 Å². The van der Waals surface area contributed by atoms with Gasteiger partial charge in [-0.2, -0.15) is 0 Å². The molecule has 4 nitrogen and oxygen atoms in total. The normalized spacial score (nSPS) is 18.3. The van der Waals surface area contributed by atoms with Gasteiger partial charge in [0.2, 0.25) is 0 Å². The van der Waals surface area contributed by atoms with Crippen LogP contribution in [0.15, 0.2) is 16.5 Å². The first-order valence-electron chi connectivity index (χ1n) is 6.78. The first-order chi connectivity index (χ1) is 8.78. The Hall–Kier alpha value is -0.840. The molecule has 0 atom stereocenters. The summed E-state index contributed by atoms with van der Waals surface area (Å²) in [5, 5.41) is 3.58. The lowest BCUT2D eigenvalue weighted by Crippen LogP contribution is -2.43. The lowest BCUT2D eigenvalue weighted by Gasteiger charge is -2.32. The highest BCUT2D eigenvalue weighted by molar-refractivity contribution is 5.05. The number of furan rings is 1. The van der Waals surface area contributed by atoms with Crippen molar-refractivity contribution < 1.29 is 9.15 Å². The molecule has 0 saturated carbocycles. The summed E-state index contributed by atoms with van der Waals surface area (Å²) in [6.07, 6.45) is 2.42. The Balaban J connectivity index is 1.64. The Morgan fingerprint density at radius 3 is 2.78 bits per heavy atom. The van der Waals surface area contributed by atoms with E-state index in [2.05, 4.69) is 16.3 Å². The van der Waals surface area contributed by atoms with E-state index in [9.17, 15) is 0 Å². The molecule has 1 fully saturated rings. The second-order valence-electron chi connectivity index (χ2n) is 5.00. The van der Waals surface area contributed by atoms with Crippen molar-refractivity contribution in [1.29, 1.82) is 0 Å². The minimum Gasteiger partial charge on any atom is -0.465 e. The smallest absolute Gasteiger partial charge is 0.117 e. The molecule has 0 aromatic carbocycles. The van der Waals surface area contributed by atoms with Gasteiger partial charge in [-0.25, -0.2) is 0 Å². The third kappa shape index (κ3) is 4.12. The highest BCUT2D eigenvalue weighted by Gasteiger charge is 2.18. The van der Waals surface area contributed by atoms with Crippen LogP contribution in [0, 0.1) is 6.92 Å². The average Bonchev–Trinajstić information content (AvgIpc) is 2.81. The molecule has 1 N–H and O–H groups in total. The predicted molar refractivity (Wildman–Crippen MR) is 71.6 cm³/mol. The molecule has 0 spiro atoms. The molecule has 1 saturated heterocycles. The fourth-order valence-corrected chi connectivity index (χ4v) is 2.41. The lowest BCUT2D eigenvalue weighted by molar-refractivity contribution is 0.125. The van der Waals surface area contributed by atoms with E-state index in [0.717, 1.165) is 44.3 Å². The van der Waals surface area contributed by atoms with E-state index in [1.807, 2.05) is 13.0 Å². The van der Waals surface area contributed by atoms with Gasteiger partial charge in [-0.3, -0.25) is 0 Å². The molecule has 102 valence electrons. The summed E-state index contributed by atoms with van der Waals surface area (Å²) in [5.74, 6) is 2.02. The van der Waals surface area contributed by atoms with Gasteiger partial charge >= 0.3 is 0 Å². The summed E-state index contributed by atoms with van der Waals surface area (Å²) in [5.41, 5.74) is 0. The van der Waals surface area contributed by atoms with Gasteiger partial charge < -0.3 is 19.4 Å². The van der Waals surface area contributed by atoms with Crippen molar-refractivity contribution >= 4 is 0 Å². The Labute approximate surface area is 109 Å². The first-order valence-corrected chi connectivity index (χ1v) is 6.78. The summed E-state index contributed by atoms with van der Waals surface area (Å²) in [4.78, 5) is 2.47. The zero-order valence-corrected chi connectivity index (χ0v) is 11.4. The second kappa shape index (κ2) is 6.92. The van der Waals surface area contributed by atoms with E-state index in [4.69, 9.17) is 9.15 Å². The molecular formula is C14H24N2O2. The van der Waals surface area contributed by atoms with Gasteiger partial charge in [-0.05, 0) is 45.0 Å². The van der Waals surface area contributed by atoms with Crippen LogP contribution >= 0.6 is 0 Å².